The number of benzene rings is 1. The molecule has 2 fully saturated rings. The van der Waals surface area contributed by atoms with Crippen molar-refractivity contribution in [3.63, 3.8) is 0 Å². The molecule has 19 heavy (non-hydrogen) atoms. The minimum absolute atomic E-state index is 0.0522. The quantitative estimate of drug-likeness (QED) is 0.715. The van der Waals surface area contributed by atoms with Gasteiger partial charge in [-0.2, -0.15) is 0 Å². The monoisotopic (exact) mass is 254 g/mol. The van der Waals surface area contributed by atoms with Crippen LogP contribution in [0.4, 0.5) is 5.69 Å². The minimum atomic E-state index is -0.298. The second-order valence-corrected chi connectivity index (χ2v) is 5.85. The number of hydrogen-bond donors (Lipinski definition) is 1. The first-order valence-corrected chi connectivity index (χ1v) is 6.82. The summed E-state index contributed by atoms with van der Waals surface area (Å²) < 4.78 is 6.15. The summed E-state index contributed by atoms with van der Waals surface area (Å²) in [7, 11) is 0. The summed E-state index contributed by atoms with van der Waals surface area (Å²) in [6, 6.07) is 7.73. The topological polar surface area (TPSA) is 41.6 Å². The average molecular weight is 254 g/mol. The highest BCUT2D eigenvalue weighted by Gasteiger charge is 2.63. The van der Waals surface area contributed by atoms with E-state index >= 15 is 0 Å². The maximum atomic E-state index is 12.6. The van der Waals surface area contributed by atoms with Crippen LogP contribution in [0.5, 0.6) is 0 Å². The van der Waals surface area contributed by atoms with E-state index in [1.807, 2.05) is 29.2 Å². The normalized spacial score (nSPS) is 40.9. The van der Waals surface area contributed by atoms with E-state index in [-0.39, 0.29) is 23.8 Å². The van der Waals surface area contributed by atoms with E-state index in [1.54, 1.807) is 0 Å². The third-order valence-electron chi connectivity index (χ3n) is 4.95. The Hall–Kier alpha value is -1.81. The van der Waals surface area contributed by atoms with Gasteiger partial charge in [0.25, 0.3) is 5.91 Å². The van der Waals surface area contributed by atoms with E-state index in [1.165, 1.54) is 0 Å². The number of carbonyl (C=O) groups is 1. The van der Waals surface area contributed by atoms with Crippen LogP contribution in [-0.2, 0) is 4.74 Å². The molecule has 4 aliphatic rings. The largest absolute Gasteiger partial charge is 0.362 e. The highest BCUT2D eigenvalue weighted by molar-refractivity contribution is 6.02. The van der Waals surface area contributed by atoms with Gasteiger partial charge in [-0.3, -0.25) is 4.79 Å². The molecule has 1 amide bonds. The van der Waals surface area contributed by atoms with E-state index in [9.17, 15) is 4.79 Å². The second kappa shape index (κ2) is 3.02. The Morgan fingerprint density at radius 1 is 1.37 bits per heavy atom. The van der Waals surface area contributed by atoms with E-state index in [0.29, 0.717) is 5.92 Å². The van der Waals surface area contributed by atoms with Crippen LogP contribution in [0.15, 0.2) is 36.4 Å². The van der Waals surface area contributed by atoms with Crippen LogP contribution in [0, 0.1) is 5.92 Å². The zero-order valence-electron chi connectivity index (χ0n) is 10.4. The van der Waals surface area contributed by atoms with Crippen molar-refractivity contribution in [3.05, 3.63) is 42.0 Å². The number of nitrogens with one attached hydrogen (secondary N) is 1. The van der Waals surface area contributed by atoms with Crippen LogP contribution in [0.25, 0.3) is 0 Å². The lowest BCUT2D eigenvalue weighted by Gasteiger charge is -2.38. The number of para-hydroxylation sites is 1. The van der Waals surface area contributed by atoms with Crippen molar-refractivity contribution in [1.82, 2.24) is 4.90 Å². The van der Waals surface area contributed by atoms with E-state index in [0.717, 1.165) is 24.2 Å². The van der Waals surface area contributed by atoms with Gasteiger partial charge in [-0.1, -0.05) is 18.2 Å². The van der Waals surface area contributed by atoms with E-state index < -0.39 is 0 Å². The molecule has 0 aromatic heterocycles. The molecule has 0 radical (unpaired) electrons. The Morgan fingerprint density at radius 3 is 3.16 bits per heavy atom. The zero-order valence-corrected chi connectivity index (χ0v) is 10.4. The number of ether oxygens (including phenoxy) is 1. The first-order chi connectivity index (χ1) is 9.28. The van der Waals surface area contributed by atoms with Crippen molar-refractivity contribution in [2.75, 3.05) is 11.9 Å². The second-order valence-electron chi connectivity index (χ2n) is 5.85. The maximum absolute atomic E-state index is 12.6. The predicted molar refractivity (Wildman–Crippen MR) is 69.7 cm³/mol. The molecule has 0 saturated carbocycles. The molecule has 1 spiro atoms. The van der Waals surface area contributed by atoms with Crippen molar-refractivity contribution in [1.29, 1.82) is 0 Å². The van der Waals surface area contributed by atoms with Gasteiger partial charge in [-0.25, -0.2) is 0 Å². The molecular weight excluding hydrogens is 240 g/mol. The molecule has 4 aliphatic heterocycles. The summed E-state index contributed by atoms with van der Waals surface area (Å²) in [6.45, 7) is 0.797. The fourth-order valence-corrected chi connectivity index (χ4v) is 4.09. The third-order valence-corrected chi connectivity index (χ3v) is 4.95. The van der Waals surface area contributed by atoms with Gasteiger partial charge in [0.05, 0.1) is 11.7 Å². The molecule has 4 nitrogen and oxygen atoms in total. The molecule has 5 rings (SSSR count). The molecular formula is C15H14N2O2. The van der Waals surface area contributed by atoms with Crippen LogP contribution >= 0.6 is 0 Å². The van der Waals surface area contributed by atoms with Crippen LogP contribution in [0.3, 0.4) is 0 Å². The molecule has 2 saturated heterocycles. The number of hydrogen-bond acceptors (Lipinski definition) is 3. The van der Waals surface area contributed by atoms with E-state index in [2.05, 4.69) is 17.5 Å². The lowest BCUT2D eigenvalue weighted by Crippen LogP contribution is -2.54. The lowest BCUT2D eigenvalue weighted by molar-refractivity contribution is -0.00255. The van der Waals surface area contributed by atoms with Crippen molar-refractivity contribution in [2.45, 2.75) is 24.3 Å². The predicted octanol–water partition coefficient (Wildman–Crippen LogP) is 1.61. The summed E-state index contributed by atoms with van der Waals surface area (Å²) >= 11 is 0. The fraction of sp³-hybridized carbons (Fsp3) is 0.400. The van der Waals surface area contributed by atoms with Gasteiger partial charge in [-0.15, -0.1) is 0 Å². The number of anilines is 1. The van der Waals surface area contributed by atoms with Gasteiger partial charge in [0, 0.05) is 18.2 Å². The molecule has 1 N–H and O–H groups in total. The summed E-state index contributed by atoms with van der Waals surface area (Å²) in [6.07, 6.45) is 5.55. The van der Waals surface area contributed by atoms with Crippen molar-refractivity contribution >= 4 is 11.6 Å². The summed E-state index contributed by atoms with van der Waals surface area (Å²) in [4.78, 5) is 14.6. The van der Waals surface area contributed by atoms with Gasteiger partial charge < -0.3 is 15.0 Å². The Balaban J connectivity index is 1.66. The van der Waals surface area contributed by atoms with Crippen molar-refractivity contribution < 1.29 is 9.53 Å². The van der Waals surface area contributed by atoms with Crippen LogP contribution in [0.1, 0.15) is 16.8 Å². The number of amides is 1. The highest BCUT2D eigenvalue weighted by Crippen LogP contribution is 2.52. The van der Waals surface area contributed by atoms with Gasteiger partial charge in [-0.05, 0) is 24.6 Å². The van der Waals surface area contributed by atoms with Gasteiger partial charge in [0.1, 0.15) is 11.8 Å². The number of fused-ring (bicyclic) bond motifs is 3. The lowest BCUT2D eigenvalue weighted by atomic mass is 9.84. The SMILES string of the molecule is O=C1c2ccccc2N[C@H]2N1C[C@H]1C[C@@H]3C=C[C@@]12O3. The number of carbonyl (C=O) groups excluding carboxylic acids is 1. The molecule has 4 atom stereocenters. The highest BCUT2D eigenvalue weighted by atomic mass is 16.5. The smallest absolute Gasteiger partial charge is 0.257 e. The third kappa shape index (κ3) is 1.03. The standard InChI is InChI=1S/C15H14N2O2/c18-13-11-3-1-2-4-12(11)16-14-15-6-5-10(19-15)7-9(15)8-17(13)14/h1-6,9-10,14,16H,7-8H2/t9-,10+,14+,15-/m1/s1. The van der Waals surface area contributed by atoms with Gasteiger partial charge in [0.15, 0.2) is 0 Å². The van der Waals surface area contributed by atoms with Gasteiger partial charge in [0.2, 0.25) is 0 Å². The summed E-state index contributed by atoms with van der Waals surface area (Å²) in [5, 5.41) is 3.51. The number of nitrogens with zero attached hydrogens (tertiary/aromatic N) is 1. The van der Waals surface area contributed by atoms with Crippen LogP contribution in [0.2, 0.25) is 0 Å². The van der Waals surface area contributed by atoms with Crippen molar-refractivity contribution in [3.8, 4) is 0 Å². The molecule has 2 bridgehead atoms. The first-order valence-electron chi connectivity index (χ1n) is 6.82. The molecule has 4 heterocycles. The zero-order chi connectivity index (χ0) is 12.6. The Kier molecular flexibility index (Phi) is 1.59. The van der Waals surface area contributed by atoms with E-state index in [4.69, 9.17) is 4.74 Å². The summed E-state index contributed by atoms with van der Waals surface area (Å²) in [5.74, 6) is 0.557. The molecule has 0 aliphatic carbocycles. The van der Waals surface area contributed by atoms with Crippen molar-refractivity contribution in [2.24, 2.45) is 5.92 Å². The van der Waals surface area contributed by atoms with Gasteiger partial charge >= 0.3 is 0 Å². The number of rotatable bonds is 0. The maximum Gasteiger partial charge on any atom is 0.257 e. The Bertz CT molecular complexity index is 626. The van der Waals surface area contributed by atoms with Crippen LogP contribution < -0.4 is 5.32 Å². The fourth-order valence-electron chi connectivity index (χ4n) is 4.09. The first kappa shape index (κ1) is 10.0. The molecule has 0 unspecified atom stereocenters. The Labute approximate surface area is 111 Å². The summed E-state index contributed by atoms with van der Waals surface area (Å²) in [5.41, 5.74) is 1.40. The molecule has 1 aromatic rings. The molecule has 1 aromatic carbocycles. The average Bonchev–Trinajstić information content (AvgIpc) is 3.08. The van der Waals surface area contributed by atoms with Crippen LogP contribution in [-0.4, -0.2) is 35.2 Å². The molecule has 4 heteroatoms. The minimum Gasteiger partial charge on any atom is -0.362 e. The molecule has 96 valence electrons. The Morgan fingerprint density at radius 2 is 2.26 bits per heavy atom.